The maximum absolute atomic E-state index is 12.2. The standard InChI is InChI=1S/C15H21N5O2/c1-4-8-20-11-12(18(3)15(22)17-13(11)21)16-14(20)19-9-6-5-7-10(19)2/h4,10H,1,5-9H2,2-3H3,(H,17,21,22). The molecule has 2 aromatic heterocycles. The van der Waals surface area contributed by atoms with Gasteiger partial charge in [0.25, 0.3) is 5.56 Å². The van der Waals surface area contributed by atoms with Crippen molar-refractivity contribution in [3.05, 3.63) is 33.5 Å². The number of aromatic nitrogens is 4. The van der Waals surface area contributed by atoms with E-state index in [1.807, 2.05) is 4.57 Å². The molecule has 0 aliphatic carbocycles. The summed E-state index contributed by atoms with van der Waals surface area (Å²) in [4.78, 5) is 33.2. The normalized spacial score (nSPS) is 18.8. The van der Waals surface area contributed by atoms with Gasteiger partial charge in [-0.15, -0.1) is 6.58 Å². The summed E-state index contributed by atoms with van der Waals surface area (Å²) in [6.45, 7) is 7.33. The van der Waals surface area contributed by atoms with Crippen LogP contribution in [-0.4, -0.2) is 31.7 Å². The molecule has 1 N–H and O–H groups in total. The quantitative estimate of drug-likeness (QED) is 0.858. The Morgan fingerprint density at radius 3 is 2.86 bits per heavy atom. The number of piperidine rings is 1. The molecule has 1 unspecified atom stereocenters. The number of hydrogen-bond acceptors (Lipinski definition) is 4. The molecule has 22 heavy (non-hydrogen) atoms. The van der Waals surface area contributed by atoms with Crippen molar-refractivity contribution in [3.63, 3.8) is 0 Å². The van der Waals surface area contributed by atoms with Crippen molar-refractivity contribution in [2.45, 2.75) is 38.8 Å². The number of nitrogens with one attached hydrogen (secondary N) is 1. The minimum absolute atomic E-state index is 0.366. The molecule has 0 aromatic carbocycles. The number of fused-ring (bicyclic) bond motifs is 1. The van der Waals surface area contributed by atoms with Gasteiger partial charge in [0.2, 0.25) is 5.95 Å². The Morgan fingerprint density at radius 1 is 1.41 bits per heavy atom. The topological polar surface area (TPSA) is 75.9 Å². The zero-order valence-electron chi connectivity index (χ0n) is 13.0. The molecule has 7 heteroatoms. The molecule has 1 saturated heterocycles. The van der Waals surface area contributed by atoms with Crippen LogP contribution >= 0.6 is 0 Å². The van der Waals surface area contributed by atoms with Gasteiger partial charge < -0.3 is 9.47 Å². The number of nitrogens with zero attached hydrogens (tertiary/aromatic N) is 4. The van der Waals surface area contributed by atoms with E-state index in [9.17, 15) is 9.59 Å². The SMILES string of the molecule is C=CCn1c(N2CCCCC2C)nc2c1c(=O)[nH]c(=O)n2C. The molecular formula is C15H21N5O2. The first-order chi connectivity index (χ1) is 10.5. The molecule has 0 spiro atoms. The summed E-state index contributed by atoms with van der Waals surface area (Å²) >= 11 is 0. The van der Waals surface area contributed by atoms with E-state index in [0.29, 0.717) is 23.8 Å². The highest BCUT2D eigenvalue weighted by Gasteiger charge is 2.25. The van der Waals surface area contributed by atoms with Crippen LogP contribution in [0.3, 0.4) is 0 Å². The molecule has 1 aliphatic heterocycles. The highest BCUT2D eigenvalue weighted by molar-refractivity contribution is 5.74. The number of allylic oxidation sites excluding steroid dienone is 1. The van der Waals surface area contributed by atoms with Crippen LogP contribution in [0.4, 0.5) is 5.95 Å². The van der Waals surface area contributed by atoms with Crippen LogP contribution in [0.15, 0.2) is 22.2 Å². The maximum atomic E-state index is 12.2. The van der Waals surface area contributed by atoms with E-state index in [-0.39, 0.29) is 0 Å². The molecule has 0 amide bonds. The lowest BCUT2D eigenvalue weighted by Crippen LogP contribution is -2.39. The van der Waals surface area contributed by atoms with Crippen LogP contribution in [0, 0.1) is 0 Å². The van der Waals surface area contributed by atoms with Gasteiger partial charge in [0, 0.05) is 26.2 Å². The zero-order valence-corrected chi connectivity index (χ0v) is 13.0. The fourth-order valence-electron chi connectivity index (χ4n) is 3.14. The van der Waals surface area contributed by atoms with Crippen molar-refractivity contribution in [2.24, 2.45) is 7.05 Å². The Balaban J connectivity index is 2.30. The predicted octanol–water partition coefficient (Wildman–Crippen LogP) is 0.988. The molecule has 0 saturated carbocycles. The van der Waals surface area contributed by atoms with Gasteiger partial charge in [0.1, 0.15) is 0 Å². The molecule has 0 radical (unpaired) electrons. The minimum atomic E-state index is -0.445. The van der Waals surface area contributed by atoms with Gasteiger partial charge in [-0.1, -0.05) is 6.08 Å². The molecular weight excluding hydrogens is 282 g/mol. The number of aryl methyl sites for hydroxylation is 1. The van der Waals surface area contributed by atoms with Crippen LogP contribution in [0.2, 0.25) is 0 Å². The largest absolute Gasteiger partial charge is 0.339 e. The molecule has 7 nitrogen and oxygen atoms in total. The third-order valence-electron chi connectivity index (χ3n) is 4.36. The summed E-state index contributed by atoms with van der Waals surface area (Å²) in [5.41, 5.74) is 0.000468. The molecule has 1 aliphatic rings. The Labute approximate surface area is 127 Å². The molecule has 3 rings (SSSR count). The van der Waals surface area contributed by atoms with Gasteiger partial charge >= 0.3 is 5.69 Å². The summed E-state index contributed by atoms with van der Waals surface area (Å²) in [7, 11) is 1.62. The highest BCUT2D eigenvalue weighted by Crippen LogP contribution is 2.26. The maximum Gasteiger partial charge on any atom is 0.329 e. The minimum Gasteiger partial charge on any atom is -0.339 e. The van der Waals surface area contributed by atoms with Gasteiger partial charge in [0.05, 0.1) is 0 Å². The lowest BCUT2D eigenvalue weighted by Gasteiger charge is -2.34. The monoisotopic (exact) mass is 303 g/mol. The van der Waals surface area contributed by atoms with E-state index in [0.717, 1.165) is 25.3 Å². The van der Waals surface area contributed by atoms with Crippen LogP contribution in [0.1, 0.15) is 26.2 Å². The summed E-state index contributed by atoms with van der Waals surface area (Å²) in [5.74, 6) is 0.744. The third-order valence-corrected chi connectivity index (χ3v) is 4.36. The second kappa shape index (κ2) is 5.47. The van der Waals surface area contributed by atoms with E-state index in [1.165, 1.54) is 11.0 Å². The Hall–Kier alpha value is -2.31. The number of imidazole rings is 1. The van der Waals surface area contributed by atoms with E-state index in [4.69, 9.17) is 0 Å². The van der Waals surface area contributed by atoms with Crippen molar-refractivity contribution in [2.75, 3.05) is 11.4 Å². The summed E-state index contributed by atoms with van der Waals surface area (Å²) in [5, 5.41) is 0. The first-order valence-electron chi connectivity index (χ1n) is 7.61. The lowest BCUT2D eigenvalue weighted by atomic mass is 10.0. The predicted molar refractivity (Wildman–Crippen MR) is 86.5 cm³/mol. The molecule has 1 atom stereocenters. The van der Waals surface area contributed by atoms with E-state index in [1.54, 1.807) is 13.1 Å². The van der Waals surface area contributed by atoms with Crippen molar-refractivity contribution >= 4 is 17.1 Å². The summed E-state index contributed by atoms with van der Waals surface area (Å²) in [6.07, 6.45) is 5.16. The average molecular weight is 303 g/mol. The van der Waals surface area contributed by atoms with Crippen molar-refractivity contribution < 1.29 is 0 Å². The second-order valence-electron chi connectivity index (χ2n) is 5.84. The Morgan fingerprint density at radius 2 is 2.18 bits per heavy atom. The van der Waals surface area contributed by atoms with Gasteiger partial charge in [0.15, 0.2) is 11.2 Å². The molecule has 0 bridgehead atoms. The number of hydrogen-bond donors (Lipinski definition) is 1. The molecule has 2 aromatic rings. The molecule has 3 heterocycles. The van der Waals surface area contributed by atoms with Crippen molar-refractivity contribution in [1.82, 2.24) is 19.1 Å². The fraction of sp³-hybridized carbons (Fsp3) is 0.533. The zero-order chi connectivity index (χ0) is 15.9. The Bertz CT molecular complexity index is 829. The van der Waals surface area contributed by atoms with Crippen LogP contribution in [0.25, 0.3) is 11.2 Å². The fourth-order valence-corrected chi connectivity index (χ4v) is 3.14. The van der Waals surface area contributed by atoms with Gasteiger partial charge in [-0.25, -0.2) is 4.79 Å². The first-order valence-corrected chi connectivity index (χ1v) is 7.61. The van der Waals surface area contributed by atoms with Gasteiger partial charge in [-0.05, 0) is 26.2 Å². The van der Waals surface area contributed by atoms with Crippen LogP contribution in [-0.2, 0) is 13.6 Å². The number of aromatic amines is 1. The number of H-pyrrole nitrogens is 1. The van der Waals surface area contributed by atoms with Gasteiger partial charge in [-0.2, -0.15) is 4.98 Å². The van der Waals surface area contributed by atoms with Crippen molar-refractivity contribution in [1.29, 1.82) is 0 Å². The average Bonchev–Trinajstić information content (AvgIpc) is 2.86. The lowest BCUT2D eigenvalue weighted by molar-refractivity contribution is 0.472. The number of anilines is 1. The van der Waals surface area contributed by atoms with Crippen molar-refractivity contribution in [3.8, 4) is 0 Å². The van der Waals surface area contributed by atoms with Crippen LogP contribution in [0.5, 0.6) is 0 Å². The third kappa shape index (κ3) is 2.17. The summed E-state index contributed by atoms with van der Waals surface area (Å²) in [6, 6.07) is 0.366. The first kappa shape index (κ1) is 14.6. The highest BCUT2D eigenvalue weighted by atomic mass is 16.2. The van der Waals surface area contributed by atoms with Gasteiger partial charge in [-0.3, -0.25) is 14.3 Å². The second-order valence-corrected chi connectivity index (χ2v) is 5.84. The van der Waals surface area contributed by atoms with E-state index >= 15 is 0 Å². The van der Waals surface area contributed by atoms with E-state index < -0.39 is 11.2 Å². The van der Waals surface area contributed by atoms with E-state index in [2.05, 4.69) is 28.4 Å². The summed E-state index contributed by atoms with van der Waals surface area (Å²) < 4.78 is 3.23. The van der Waals surface area contributed by atoms with Crippen LogP contribution < -0.4 is 16.1 Å². The molecule has 1 fully saturated rings. The number of rotatable bonds is 3. The Kier molecular flexibility index (Phi) is 3.64. The smallest absolute Gasteiger partial charge is 0.329 e. The molecule has 118 valence electrons.